The van der Waals surface area contributed by atoms with Gasteiger partial charge >= 0.3 is 0 Å². The molecular formula is C31H38N2O4. The minimum atomic E-state index is -0.619. The molecule has 0 aliphatic heterocycles. The first-order valence-electron chi connectivity index (χ1n) is 12.8. The first-order chi connectivity index (χ1) is 18.0. The summed E-state index contributed by atoms with van der Waals surface area (Å²) in [5.41, 5.74) is 4.11. The Hall–Kier alpha value is -3.80. The van der Waals surface area contributed by atoms with Crippen LogP contribution in [0.15, 0.2) is 72.8 Å². The number of nitrogens with one attached hydrogen (secondary N) is 1. The Morgan fingerprint density at radius 1 is 0.892 bits per heavy atom. The summed E-state index contributed by atoms with van der Waals surface area (Å²) in [6.45, 7) is 4.99. The molecule has 6 heteroatoms. The zero-order chi connectivity index (χ0) is 26.6. The molecule has 0 heterocycles. The fourth-order valence-corrected chi connectivity index (χ4v) is 4.32. The Morgan fingerprint density at radius 3 is 2.27 bits per heavy atom. The maximum absolute atomic E-state index is 13.8. The average molecular weight is 503 g/mol. The van der Waals surface area contributed by atoms with Gasteiger partial charge in [-0.15, -0.1) is 0 Å². The molecular weight excluding hydrogens is 464 g/mol. The molecule has 3 aromatic carbocycles. The highest BCUT2D eigenvalue weighted by Gasteiger charge is 2.30. The minimum Gasteiger partial charge on any atom is -0.493 e. The lowest BCUT2D eigenvalue weighted by atomic mass is 10.0. The molecule has 3 aromatic rings. The minimum absolute atomic E-state index is 0.0642. The van der Waals surface area contributed by atoms with E-state index in [0.717, 1.165) is 28.7 Å². The van der Waals surface area contributed by atoms with E-state index in [1.165, 1.54) is 0 Å². The second kappa shape index (κ2) is 14.1. The van der Waals surface area contributed by atoms with Crippen molar-refractivity contribution in [1.82, 2.24) is 10.2 Å². The van der Waals surface area contributed by atoms with Gasteiger partial charge in [0.2, 0.25) is 11.8 Å². The number of amides is 2. The molecule has 0 fully saturated rings. The molecule has 0 saturated carbocycles. The van der Waals surface area contributed by atoms with Crippen LogP contribution >= 0.6 is 0 Å². The maximum atomic E-state index is 13.8. The number of aryl methyl sites for hydroxylation is 2. The number of hydrogen-bond acceptors (Lipinski definition) is 4. The Bertz CT molecular complexity index is 1160. The number of ether oxygens (including phenoxy) is 2. The second-order valence-corrected chi connectivity index (χ2v) is 9.13. The van der Waals surface area contributed by atoms with Gasteiger partial charge in [-0.25, -0.2) is 0 Å². The van der Waals surface area contributed by atoms with Gasteiger partial charge in [-0.3, -0.25) is 9.59 Å². The van der Waals surface area contributed by atoms with Gasteiger partial charge in [0, 0.05) is 25.9 Å². The SMILES string of the molecule is CCCNC(=O)[C@H](Cc1ccccc1)N(Cc1ccccc1C)C(=O)CCc1ccc(OC)c(OC)c1. The van der Waals surface area contributed by atoms with Crippen LogP contribution in [0.25, 0.3) is 0 Å². The van der Waals surface area contributed by atoms with Gasteiger partial charge in [-0.05, 0) is 54.2 Å². The lowest BCUT2D eigenvalue weighted by Gasteiger charge is -2.32. The van der Waals surface area contributed by atoms with Crippen molar-refractivity contribution < 1.29 is 19.1 Å². The van der Waals surface area contributed by atoms with Crippen LogP contribution in [0.5, 0.6) is 11.5 Å². The van der Waals surface area contributed by atoms with Gasteiger partial charge in [-0.2, -0.15) is 0 Å². The summed E-state index contributed by atoms with van der Waals surface area (Å²) in [6, 6.07) is 22.9. The summed E-state index contributed by atoms with van der Waals surface area (Å²) in [5, 5.41) is 3.03. The molecule has 2 amide bonds. The third-order valence-corrected chi connectivity index (χ3v) is 6.50. The molecule has 0 aliphatic rings. The van der Waals surface area contributed by atoms with E-state index in [1.54, 1.807) is 19.1 Å². The molecule has 0 unspecified atom stereocenters. The lowest BCUT2D eigenvalue weighted by Crippen LogP contribution is -2.50. The molecule has 1 atom stereocenters. The quantitative estimate of drug-likeness (QED) is 0.353. The number of methoxy groups -OCH3 is 2. The van der Waals surface area contributed by atoms with Crippen molar-refractivity contribution in [1.29, 1.82) is 0 Å². The number of carbonyl (C=O) groups excluding carboxylic acids is 2. The molecule has 0 aliphatic carbocycles. The van der Waals surface area contributed by atoms with Gasteiger partial charge in [0.25, 0.3) is 0 Å². The Labute approximate surface area is 220 Å². The van der Waals surface area contributed by atoms with Crippen LogP contribution in [0.3, 0.4) is 0 Å². The Morgan fingerprint density at radius 2 is 1.59 bits per heavy atom. The number of hydrogen-bond donors (Lipinski definition) is 1. The van der Waals surface area contributed by atoms with Crippen LogP contribution in [0.1, 0.15) is 42.0 Å². The van der Waals surface area contributed by atoms with E-state index < -0.39 is 6.04 Å². The predicted molar refractivity (Wildman–Crippen MR) is 147 cm³/mol. The summed E-state index contributed by atoms with van der Waals surface area (Å²) in [4.78, 5) is 29.0. The normalized spacial score (nSPS) is 11.5. The summed E-state index contributed by atoms with van der Waals surface area (Å²) >= 11 is 0. The second-order valence-electron chi connectivity index (χ2n) is 9.13. The van der Waals surface area contributed by atoms with Crippen LogP contribution in [0.4, 0.5) is 0 Å². The Balaban J connectivity index is 1.90. The smallest absolute Gasteiger partial charge is 0.243 e. The summed E-state index contributed by atoms with van der Waals surface area (Å²) in [5.74, 6) is 1.09. The monoisotopic (exact) mass is 502 g/mol. The number of nitrogens with zero attached hydrogens (tertiary/aromatic N) is 1. The first kappa shape index (κ1) is 27.8. The molecule has 0 saturated heterocycles. The van der Waals surface area contributed by atoms with Gasteiger partial charge in [-0.1, -0.05) is 67.6 Å². The van der Waals surface area contributed by atoms with E-state index in [0.29, 0.717) is 37.4 Å². The Kier molecular flexibility index (Phi) is 10.6. The van der Waals surface area contributed by atoms with E-state index >= 15 is 0 Å². The van der Waals surface area contributed by atoms with Crippen molar-refractivity contribution in [2.75, 3.05) is 20.8 Å². The standard InChI is InChI=1S/C31H38N2O4/c1-5-19-32-31(35)27(20-24-12-7-6-8-13-24)33(22-26-14-10-9-11-23(26)2)30(34)18-16-25-15-17-28(36-3)29(21-25)37-4/h6-15,17,21,27H,5,16,18-20,22H2,1-4H3,(H,32,35)/t27-/m0/s1. The number of carbonyl (C=O) groups is 2. The molecule has 3 rings (SSSR count). The highest BCUT2D eigenvalue weighted by molar-refractivity contribution is 5.88. The van der Waals surface area contributed by atoms with Crippen LogP contribution < -0.4 is 14.8 Å². The lowest BCUT2D eigenvalue weighted by molar-refractivity contribution is -0.141. The van der Waals surface area contributed by atoms with Crippen molar-refractivity contribution in [3.63, 3.8) is 0 Å². The molecule has 0 spiro atoms. The summed E-state index contributed by atoms with van der Waals surface area (Å²) in [6.07, 6.45) is 2.07. The average Bonchev–Trinajstić information content (AvgIpc) is 2.93. The van der Waals surface area contributed by atoms with Crippen LogP contribution in [-0.4, -0.2) is 43.5 Å². The van der Waals surface area contributed by atoms with Crippen molar-refractivity contribution in [3.8, 4) is 11.5 Å². The summed E-state index contributed by atoms with van der Waals surface area (Å²) in [7, 11) is 3.20. The van der Waals surface area contributed by atoms with Crippen molar-refractivity contribution >= 4 is 11.8 Å². The molecule has 196 valence electrons. The first-order valence-corrected chi connectivity index (χ1v) is 12.8. The fourth-order valence-electron chi connectivity index (χ4n) is 4.32. The van der Waals surface area contributed by atoms with Crippen LogP contribution in [-0.2, 0) is 29.0 Å². The molecule has 37 heavy (non-hydrogen) atoms. The predicted octanol–water partition coefficient (Wildman–Crippen LogP) is 5.11. The van der Waals surface area contributed by atoms with E-state index in [2.05, 4.69) is 5.32 Å². The maximum Gasteiger partial charge on any atom is 0.243 e. The zero-order valence-electron chi connectivity index (χ0n) is 22.3. The van der Waals surface area contributed by atoms with Crippen LogP contribution in [0, 0.1) is 6.92 Å². The van der Waals surface area contributed by atoms with Crippen molar-refractivity contribution in [2.24, 2.45) is 0 Å². The van der Waals surface area contributed by atoms with Gasteiger partial charge < -0.3 is 19.7 Å². The van der Waals surface area contributed by atoms with Crippen molar-refractivity contribution in [2.45, 2.75) is 52.1 Å². The summed E-state index contributed by atoms with van der Waals surface area (Å²) < 4.78 is 10.8. The molecule has 6 nitrogen and oxygen atoms in total. The van der Waals surface area contributed by atoms with E-state index in [4.69, 9.17) is 9.47 Å². The van der Waals surface area contributed by atoms with E-state index in [1.807, 2.05) is 86.6 Å². The van der Waals surface area contributed by atoms with Gasteiger partial charge in [0.15, 0.2) is 11.5 Å². The third-order valence-electron chi connectivity index (χ3n) is 6.50. The number of benzene rings is 3. The third kappa shape index (κ3) is 7.84. The molecule has 0 bridgehead atoms. The zero-order valence-corrected chi connectivity index (χ0v) is 22.3. The number of rotatable bonds is 13. The van der Waals surface area contributed by atoms with Gasteiger partial charge in [0.05, 0.1) is 14.2 Å². The van der Waals surface area contributed by atoms with Crippen LogP contribution in [0.2, 0.25) is 0 Å². The van der Waals surface area contributed by atoms with E-state index in [9.17, 15) is 9.59 Å². The molecule has 0 radical (unpaired) electrons. The van der Waals surface area contributed by atoms with E-state index in [-0.39, 0.29) is 18.2 Å². The topological polar surface area (TPSA) is 67.9 Å². The molecule has 1 N–H and O–H groups in total. The fraction of sp³-hybridized carbons (Fsp3) is 0.355. The van der Waals surface area contributed by atoms with Gasteiger partial charge in [0.1, 0.15) is 6.04 Å². The highest BCUT2D eigenvalue weighted by atomic mass is 16.5. The largest absolute Gasteiger partial charge is 0.493 e. The highest BCUT2D eigenvalue weighted by Crippen LogP contribution is 2.28. The van der Waals surface area contributed by atoms with Crippen molar-refractivity contribution in [3.05, 3.63) is 95.1 Å². The molecule has 0 aromatic heterocycles.